The van der Waals surface area contributed by atoms with E-state index in [2.05, 4.69) is 12.1 Å². The highest BCUT2D eigenvalue weighted by Crippen LogP contribution is 2.51. The molecular formula is C28H10N6. The average Bonchev–Trinajstić information content (AvgIpc) is 3.43. The molecule has 0 amide bonds. The van der Waals surface area contributed by atoms with E-state index in [1.807, 2.05) is 24.3 Å². The maximum atomic E-state index is 9.68. The first-order valence-electron chi connectivity index (χ1n) is 9.89. The number of hydrogen-bond acceptors (Lipinski definition) is 6. The molecule has 2 aromatic rings. The van der Waals surface area contributed by atoms with Crippen LogP contribution in [0.25, 0.3) is 11.1 Å². The van der Waals surface area contributed by atoms with Crippen molar-refractivity contribution < 1.29 is 0 Å². The monoisotopic (exact) mass is 430 g/mol. The zero-order valence-corrected chi connectivity index (χ0v) is 17.5. The van der Waals surface area contributed by atoms with E-state index in [0.29, 0.717) is 55.7 Å². The summed E-state index contributed by atoms with van der Waals surface area (Å²) in [6.07, 6.45) is 3.47. The predicted octanol–water partition coefficient (Wildman–Crippen LogP) is 4.91. The van der Waals surface area contributed by atoms with Crippen LogP contribution in [0.5, 0.6) is 0 Å². The predicted molar refractivity (Wildman–Crippen MR) is 122 cm³/mol. The summed E-state index contributed by atoms with van der Waals surface area (Å²) >= 11 is 0. The molecule has 0 radical (unpaired) electrons. The summed E-state index contributed by atoms with van der Waals surface area (Å²) < 4.78 is 0. The van der Waals surface area contributed by atoms with E-state index >= 15 is 0 Å². The lowest BCUT2D eigenvalue weighted by molar-refractivity contribution is 1.41. The summed E-state index contributed by atoms with van der Waals surface area (Å²) in [6, 6.07) is 25.5. The smallest absolute Gasteiger partial charge is 0.138 e. The van der Waals surface area contributed by atoms with Crippen LogP contribution in [0.1, 0.15) is 22.3 Å². The number of nitrogens with zero attached hydrogens (tertiary/aromatic N) is 6. The second kappa shape index (κ2) is 8.67. The largest absolute Gasteiger partial charge is 0.192 e. The van der Waals surface area contributed by atoms with Crippen LogP contribution in [0.15, 0.2) is 94.1 Å². The van der Waals surface area contributed by atoms with Gasteiger partial charge in [0, 0.05) is 11.1 Å². The van der Waals surface area contributed by atoms with E-state index in [1.54, 1.807) is 60.7 Å². The van der Waals surface area contributed by atoms with Crippen molar-refractivity contribution in [3.63, 3.8) is 0 Å². The first kappa shape index (κ1) is 21.3. The van der Waals surface area contributed by atoms with Crippen LogP contribution < -0.4 is 0 Å². The van der Waals surface area contributed by atoms with Crippen molar-refractivity contribution in [2.75, 3.05) is 0 Å². The lowest BCUT2D eigenvalue weighted by Gasteiger charge is -2.12. The first-order chi connectivity index (χ1) is 16.6. The Labute approximate surface area is 195 Å². The highest BCUT2D eigenvalue weighted by atomic mass is 14.4. The van der Waals surface area contributed by atoms with Crippen LogP contribution >= 0.6 is 0 Å². The molecule has 2 aromatic carbocycles. The summed E-state index contributed by atoms with van der Waals surface area (Å²) in [5.41, 5.74) is 4.73. The Morgan fingerprint density at radius 2 is 0.912 bits per heavy atom. The molecule has 0 N–H and O–H groups in total. The van der Waals surface area contributed by atoms with Crippen LogP contribution in [0, 0.1) is 68.0 Å². The molecule has 0 saturated heterocycles. The Kier molecular flexibility index (Phi) is 5.44. The zero-order valence-electron chi connectivity index (χ0n) is 17.5. The fourth-order valence-electron chi connectivity index (χ4n) is 4.07. The molecule has 0 bridgehead atoms. The van der Waals surface area contributed by atoms with Gasteiger partial charge in [0.05, 0.1) is 23.3 Å². The van der Waals surface area contributed by atoms with Crippen LogP contribution in [0.4, 0.5) is 0 Å². The molecule has 6 nitrogen and oxygen atoms in total. The van der Waals surface area contributed by atoms with Gasteiger partial charge in [0.2, 0.25) is 0 Å². The Bertz CT molecular complexity index is 1540. The van der Waals surface area contributed by atoms with Gasteiger partial charge < -0.3 is 0 Å². The average molecular weight is 430 g/mol. The minimum Gasteiger partial charge on any atom is -0.192 e. The fourth-order valence-corrected chi connectivity index (χ4v) is 4.07. The van der Waals surface area contributed by atoms with Crippen molar-refractivity contribution in [2.24, 2.45) is 0 Å². The van der Waals surface area contributed by atoms with Gasteiger partial charge in [-0.25, -0.2) is 0 Å². The summed E-state index contributed by atoms with van der Waals surface area (Å²) in [4.78, 5) is 0. The molecule has 2 aliphatic carbocycles. The van der Waals surface area contributed by atoms with Gasteiger partial charge in [-0.15, -0.1) is 0 Å². The van der Waals surface area contributed by atoms with E-state index < -0.39 is 0 Å². The number of hydrogen-bond donors (Lipinski definition) is 0. The highest BCUT2D eigenvalue weighted by Gasteiger charge is 2.34. The Hall–Kier alpha value is -5.92. The normalized spacial score (nSPS) is 13.2. The Morgan fingerprint density at radius 1 is 0.529 bits per heavy atom. The third-order valence-corrected chi connectivity index (χ3v) is 5.50. The van der Waals surface area contributed by atoms with E-state index in [4.69, 9.17) is 0 Å². The minimum atomic E-state index is -0.128. The van der Waals surface area contributed by atoms with Crippen molar-refractivity contribution in [3.8, 4) is 36.4 Å². The lowest BCUT2D eigenvalue weighted by Crippen LogP contribution is -1.95. The van der Waals surface area contributed by atoms with Crippen molar-refractivity contribution in [3.05, 3.63) is 116 Å². The topological polar surface area (TPSA) is 143 Å². The Morgan fingerprint density at radius 3 is 1.24 bits per heavy atom. The highest BCUT2D eigenvalue weighted by molar-refractivity contribution is 6.05. The molecule has 0 aromatic heterocycles. The molecular weight excluding hydrogens is 420 g/mol. The Balaban J connectivity index is 2.04. The summed E-state index contributed by atoms with van der Waals surface area (Å²) in [5, 5.41) is 57.4. The van der Waals surface area contributed by atoms with Crippen LogP contribution in [0.3, 0.4) is 0 Å². The molecule has 0 aliphatic heterocycles. The van der Waals surface area contributed by atoms with Crippen LogP contribution in [0.2, 0.25) is 0 Å². The SMILES string of the molecule is N#CC(C#N)=C1C(c2cccc(C#N)c2)=CC2=C1C=C(c1cccc(C#N)c1)C2=C(C#N)C#N. The summed E-state index contributed by atoms with van der Waals surface area (Å²) in [5.74, 6) is 0. The van der Waals surface area contributed by atoms with Gasteiger partial charge in [-0.2, -0.15) is 31.6 Å². The maximum Gasteiger partial charge on any atom is 0.138 e. The standard InChI is InChI=1S/C28H10N6/c29-11-17-3-1-5-19(7-17)23-9-25-26(27(23)21(13-31)14-32)10-24(28(25)22(15-33)16-34)20-6-2-4-18(8-20)12-30/h1-10H. The molecule has 0 saturated carbocycles. The quantitative estimate of drug-likeness (QED) is 0.619. The molecule has 0 fully saturated rings. The molecule has 6 heteroatoms. The lowest BCUT2D eigenvalue weighted by atomic mass is 9.90. The van der Waals surface area contributed by atoms with Gasteiger partial charge in [0.25, 0.3) is 0 Å². The van der Waals surface area contributed by atoms with E-state index in [-0.39, 0.29) is 11.1 Å². The third-order valence-electron chi connectivity index (χ3n) is 5.50. The van der Waals surface area contributed by atoms with Gasteiger partial charge in [-0.3, -0.25) is 0 Å². The molecule has 0 unspecified atom stereocenters. The van der Waals surface area contributed by atoms with Crippen LogP contribution in [-0.4, -0.2) is 0 Å². The number of allylic oxidation sites excluding steroid dienone is 10. The molecule has 0 atom stereocenters. The fraction of sp³-hybridized carbons (Fsp3) is 0. The van der Waals surface area contributed by atoms with Gasteiger partial charge in [-0.1, -0.05) is 24.3 Å². The van der Waals surface area contributed by atoms with E-state index in [9.17, 15) is 31.6 Å². The molecule has 0 spiro atoms. The van der Waals surface area contributed by atoms with Crippen molar-refractivity contribution in [1.82, 2.24) is 0 Å². The first-order valence-corrected chi connectivity index (χ1v) is 9.89. The van der Waals surface area contributed by atoms with Gasteiger partial charge in [-0.05, 0) is 69.8 Å². The van der Waals surface area contributed by atoms with Crippen molar-refractivity contribution in [1.29, 1.82) is 31.6 Å². The van der Waals surface area contributed by atoms with Gasteiger partial charge in [0.15, 0.2) is 0 Å². The van der Waals surface area contributed by atoms with Gasteiger partial charge >= 0.3 is 0 Å². The second-order valence-electron chi connectivity index (χ2n) is 7.28. The molecule has 0 heterocycles. The number of nitriles is 6. The third kappa shape index (κ3) is 3.34. The zero-order chi connectivity index (χ0) is 24.2. The van der Waals surface area contributed by atoms with Gasteiger partial charge in [0.1, 0.15) is 35.4 Å². The molecule has 2 aliphatic rings. The van der Waals surface area contributed by atoms with Crippen LogP contribution in [-0.2, 0) is 0 Å². The summed E-state index contributed by atoms with van der Waals surface area (Å²) in [7, 11) is 0. The van der Waals surface area contributed by atoms with Crippen molar-refractivity contribution >= 4 is 11.1 Å². The molecule has 34 heavy (non-hydrogen) atoms. The number of rotatable bonds is 2. The maximum absolute atomic E-state index is 9.68. The van der Waals surface area contributed by atoms with Crippen molar-refractivity contribution in [2.45, 2.75) is 0 Å². The number of benzene rings is 2. The second-order valence-corrected chi connectivity index (χ2v) is 7.28. The summed E-state index contributed by atoms with van der Waals surface area (Å²) in [6.45, 7) is 0. The molecule has 152 valence electrons. The molecule has 4 rings (SSSR count). The van der Waals surface area contributed by atoms with E-state index in [1.165, 1.54) is 0 Å². The van der Waals surface area contributed by atoms with E-state index in [0.717, 1.165) is 0 Å². The minimum absolute atomic E-state index is 0.128.